The van der Waals surface area contributed by atoms with Crippen LogP contribution in [0.15, 0.2) is 124 Å². The van der Waals surface area contributed by atoms with Crippen molar-refractivity contribution in [3.8, 4) is 11.8 Å². The van der Waals surface area contributed by atoms with Crippen molar-refractivity contribution in [3.63, 3.8) is 0 Å². The summed E-state index contributed by atoms with van der Waals surface area (Å²) in [5.41, 5.74) is 2.48. The average molecular weight is 547 g/mol. The summed E-state index contributed by atoms with van der Waals surface area (Å²) < 4.78 is 18.6. The number of aryl methyl sites for hydroxylation is 1. The van der Waals surface area contributed by atoms with Gasteiger partial charge in [0.25, 0.3) is 11.3 Å². The zero-order chi connectivity index (χ0) is 28.6. The summed E-state index contributed by atoms with van der Waals surface area (Å²) in [6, 6.07) is 26.4. The van der Waals surface area contributed by atoms with Crippen LogP contribution in [-0.4, -0.2) is 15.5 Å². The number of esters is 1. The van der Waals surface area contributed by atoms with Crippen LogP contribution in [0.1, 0.15) is 27.8 Å². The van der Waals surface area contributed by atoms with E-state index < -0.39 is 17.2 Å². The molecular weight excluding hydrogens is 520 g/mol. The van der Waals surface area contributed by atoms with Gasteiger partial charge in [-0.05, 0) is 36.3 Å². The fraction of sp³-hybridized carbons (Fsp3) is 0.121. The van der Waals surface area contributed by atoms with Gasteiger partial charge in [-0.1, -0.05) is 90.2 Å². The Kier molecular flexibility index (Phi) is 8.27. The lowest BCUT2D eigenvalue weighted by atomic mass is 10.1. The van der Waals surface area contributed by atoms with Crippen LogP contribution in [-0.2, 0) is 38.8 Å². The minimum Gasteiger partial charge on any atom is -0.481 e. The summed E-state index contributed by atoms with van der Waals surface area (Å²) in [6.45, 7) is 2.25. The third-order valence-electron chi connectivity index (χ3n) is 6.15. The smallest absolute Gasteiger partial charge is 0.383 e. The molecule has 0 bridgehead atoms. The number of cyclic esters (lactones) is 1. The lowest BCUT2D eigenvalue weighted by Gasteiger charge is -2.10. The third kappa shape index (κ3) is 6.91. The molecule has 0 fully saturated rings. The van der Waals surface area contributed by atoms with Gasteiger partial charge in [-0.15, -0.1) is 0 Å². The van der Waals surface area contributed by atoms with E-state index in [2.05, 4.69) is 16.8 Å². The molecule has 204 valence electrons. The molecule has 1 aromatic heterocycles. The van der Waals surface area contributed by atoms with Crippen molar-refractivity contribution in [2.75, 3.05) is 0 Å². The van der Waals surface area contributed by atoms with Crippen molar-refractivity contribution in [2.24, 2.45) is 0 Å². The second-order valence-electron chi connectivity index (χ2n) is 9.24. The van der Waals surface area contributed by atoms with E-state index in [4.69, 9.17) is 14.2 Å². The number of ether oxygens (including phenoxy) is 3. The van der Waals surface area contributed by atoms with Gasteiger partial charge in [0.2, 0.25) is 5.76 Å². The Morgan fingerprint density at radius 1 is 0.805 bits per heavy atom. The molecule has 0 saturated carbocycles. The zero-order valence-corrected chi connectivity index (χ0v) is 22.3. The molecule has 0 aliphatic carbocycles. The molecular formula is C33H26N2O6. The molecule has 8 heteroatoms. The first-order chi connectivity index (χ1) is 20.0. The number of H-pyrrole nitrogens is 1. The molecule has 0 radical (unpaired) electrons. The second-order valence-corrected chi connectivity index (χ2v) is 9.24. The van der Waals surface area contributed by atoms with E-state index in [0.29, 0.717) is 0 Å². The number of hydrogen-bond donors (Lipinski definition) is 1. The predicted molar refractivity (Wildman–Crippen MR) is 152 cm³/mol. The molecule has 0 atom stereocenters. The third-order valence-corrected chi connectivity index (χ3v) is 6.15. The fourth-order valence-electron chi connectivity index (χ4n) is 3.94. The zero-order valence-electron chi connectivity index (χ0n) is 22.3. The summed E-state index contributed by atoms with van der Waals surface area (Å²) in [5, 5.41) is 0. The standard InChI is InChI=1S/C33H26N2O6/c1-23-12-14-24(15-13-23)16-17-27-20-35(33(38)34-31(27)36)19-18-28-29(39-21-25-8-4-2-5-9-25)30(32(37)41-28)40-22-26-10-6-3-7-11-26/h2-15,18,20H,19,21-22H2,1H3,(H,34,36,38)/b28-18-. The molecule has 0 amide bonds. The van der Waals surface area contributed by atoms with Crippen LogP contribution >= 0.6 is 0 Å². The van der Waals surface area contributed by atoms with Crippen molar-refractivity contribution >= 4 is 5.97 Å². The van der Waals surface area contributed by atoms with Crippen LogP contribution in [0.3, 0.4) is 0 Å². The Hall–Kier alpha value is -5.55. The number of benzene rings is 3. The SMILES string of the molecule is Cc1ccc(C#Cc2cn(C/C=C3\OC(=O)C(OCc4ccccc4)=C3OCc3ccccc3)c(=O)[nH]c2=O)cc1. The molecule has 1 aliphatic rings. The number of aromatic amines is 1. The number of aromatic nitrogens is 2. The van der Waals surface area contributed by atoms with Crippen molar-refractivity contribution in [3.05, 3.63) is 163 Å². The van der Waals surface area contributed by atoms with Gasteiger partial charge in [0.05, 0.1) is 0 Å². The van der Waals surface area contributed by atoms with Gasteiger partial charge >= 0.3 is 11.7 Å². The van der Waals surface area contributed by atoms with Gasteiger partial charge in [0, 0.05) is 18.3 Å². The second kappa shape index (κ2) is 12.5. The highest BCUT2D eigenvalue weighted by Gasteiger charge is 2.34. The molecule has 41 heavy (non-hydrogen) atoms. The molecule has 0 saturated heterocycles. The van der Waals surface area contributed by atoms with Crippen molar-refractivity contribution < 1.29 is 19.0 Å². The monoisotopic (exact) mass is 546 g/mol. The van der Waals surface area contributed by atoms with Gasteiger partial charge in [0.1, 0.15) is 18.8 Å². The predicted octanol–water partition coefficient (Wildman–Crippen LogP) is 4.33. The minimum absolute atomic E-state index is 0.0262. The number of nitrogens with one attached hydrogen (secondary N) is 1. The Bertz CT molecular complexity index is 1790. The Balaban J connectivity index is 1.41. The summed E-state index contributed by atoms with van der Waals surface area (Å²) in [6.07, 6.45) is 2.89. The molecule has 3 aromatic carbocycles. The van der Waals surface area contributed by atoms with E-state index in [-0.39, 0.29) is 42.6 Å². The summed E-state index contributed by atoms with van der Waals surface area (Å²) in [7, 11) is 0. The van der Waals surface area contributed by atoms with Crippen molar-refractivity contribution in [1.82, 2.24) is 9.55 Å². The molecule has 1 N–H and O–H groups in total. The Morgan fingerprint density at radius 3 is 2.05 bits per heavy atom. The van der Waals surface area contributed by atoms with E-state index >= 15 is 0 Å². The van der Waals surface area contributed by atoms with Crippen LogP contribution in [0.4, 0.5) is 0 Å². The van der Waals surface area contributed by atoms with Crippen LogP contribution in [0.25, 0.3) is 0 Å². The maximum absolute atomic E-state index is 12.8. The number of hydrogen-bond acceptors (Lipinski definition) is 6. The maximum Gasteiger partial charge on any atom is 0.383 e. The van der Waals surface area contributed by atoms with Crippen LogP contribution in [0.2, 0.25) is 0 Å². The normalized spacial score (nSPS) is 13.5. The topological polar surface area (TPSA) is 99.6 Å². The maximum atomic E-state index is 12.8. The van der Waals surface area contributed by atoms with E-state index in [1.165, 1.54) is 16.8 Å². The van der Waals surface area contributed by atoms with Gasteiger partial charge in [-0.25, -0.2) is 9.59 Å². The summed E-state index contributed by atoms with van der Waals surface area (Å²) in [5.74, 6) is 5.24. The molecule has 0 unspecified atom stereocenters. The number of rotatable bonds is 8. The highest BCUT2D eigenvalue weighted by Crippen LogP contribution is 2.30. The first kappa shape index (κ1) is 27.0. The van der Waals surface area contributed by atoms with Gasteiger partial charge in [-0.3, -0.25) is 14.3 Å². The number of nitrogens with zero attached hydrogens (tertiary/aromatic N) is 1. The van der Waals surface area contributed by atoms with Gasteiger partial charge < -0.3 is 14.2 Å². The molecule has 5 rings (SSSR count). The highest BCUT2D eigenvalue weighted by molar-refractivity contribution is 5.91. The quantitative estimate of drug-likeness (QED) is 0.261. The largest absolute Gasteiger partial charge is 0.481 e. The Labute approximate surface area is 236 Å². The lowest BCUT2D eigenvalue weighted by Crippen LogP contribution is -2.30. The molecule has 1 aliphatic heterocycles. The van der Waals surface area contributed by atoms with Crippen LogP contribution in [0, 0.1) is 18.8 Å². The van der Waals surface area contributed by atoms with Gasteiger partial charge in [0.15, 0.2) is 5.76 Å². The van der Waals surface area contributed by atoms with Gasteiger partial charge in [-0.2, -0.15) is 0 Å². The lowest BCUT2D eigenvalue weighted by molar-refractivity contribution is -0.136. The first-order valence-corrected chi connectivity index (χ1v) is 12.9. The number of carbonyl (C=O) groups is 1. The van der Waals surface area contributed by atoms with Crippen molar-refractivity contribution in [1.29, 1.82) is 0 Å². The molecule has 4 aromatic rings. The summed E-state index contributed by atoms with van der Waals surface area (Å²) >= 11 is 0. The summed E-state index contributed by atoms with van der Waals surface area (Å²) in [4.78, 5) is 40.0. The minimum atomic E-state index is -0.700. The molecule has 2 heterocycles. The van der Waals surface area contributed by atoms with Crippen LogP contribution in [0.5, 0.6) is 0 Å². The van der Waals surface area contributed by atoms with E-state index in [0.717, 1.165) is 22.3 Å². The van der Waals surface area contributed by atoms with E-state index in [9.17, 15) is 14.4 Å². The average Bonchev–Trinajstić information content (AvgIpc) is 3.29. The number of carbonyl (C=O) groups excluding carboxylic acids is 1. The van der Waals surface area contributed by atoms with E-state index in [1.807, 2.05) is 91.9 Å². The van der Waals surface area contributed by atoms with Crippen LogP contribution < -0.4 is 11.2 Å². The highest BCUT2D eigenvalue weighted by atomic mass is 16.6. The Morgan fingerprint density at radius 2 is 1.41 bits per heavy atom. The van der Waals surface area contributed by atoms with E-state index in [1.54, 1.807) is 0 Å². The fourth-order valence-corrected chi connectivity index (χ4v) is 3.94. The molecule has 0 spiro atoms. The first-order valence-electron chi connectivity index (χ1n) is 12.9. The molecule has 8 nitrogen and oxygen atoms in total. The number of allylic oxidation sites excluding steroid dienone is 1. The van der Waals surface area contributed by atoms with Crippen molar-refractivity contribution in [2.45, 2.75) is 26.7 Å².